The van der Waals surface area contributed by atoms with Gasteiger partial charge < -0.3 is 5.32 Å². The van der Waals surface area contributed by atoms with Gasteiger partial charge in [0.1, 0.15) is 0 Å². The lowest BCUT2D eigenvalue weighted by atomic mass is 9.81. The highest BCUT2D eigenvalue weighted by Crippen LogP contribution is 2.32. The maximum Gasteiger partial charge on any atom is 0.0401 e. The van der Waals surface area contributed by atoms with E-state index in [0.717, 1.165) is 11.8 Å². The molecule has 0 spiro atoms. The van der Waals surface area contributed by atoms with Gasteiger partial charge in [0.2, 0.25) is 0 Å². The number of anilines is 1. The molecule has 0 bridgehead atoms. The van der Waals surface area contributed by atoms with Gasteiger partial charge in [-0.1, -0.05) is 44.4 Å². The van der Waals surface area contributed by atoms with Crippen LogP contribution in [0.5, 0.6) is 0 Å². The van der Waals surface area contributed by atoms with Crippen LogP contribution in [0.2, 0.25) is 0 Å². The van der Waals surface area contributed by atoms with E-state index in [-0.39, 0.29) is 0 Å². The smallest absolute Gasteiger partial charge is 0.0401 e. The molecule has 2 rings (SSSR count). The first kappa shape index (κ1) is 15.4. The normalized spacial score (nSPS) is 23.1. The third kappa shape index (κ3) is 4.01. The Bertz CT molecular complexity index is 424. The van der Waals surface area contributed by atoms with Gasteiger partial charge in [0.25, 0.3) is 0 Å². The highest BCUT2D eigenvalue weighted by Gasteiger charge is 2.23. The molecule has 112 valence electrons. The zero-order valence-electron chi connectivity index (χ0n) is 13.9. The van der Waals surface area contributed by atoms with Gasteiger partial charge in [-0.2, -0.15) is 0 Å². The number of aryl methyl sites for hydroxylation is 3. The third-order valence-corrected chi connectivity index (χ3v) is 4.61. The summed E-state index contributed by atoms with van der Waals surface area (Å²) in [6.07, 6.45) is 6.90. The first-order chi connectivity index (χ1) is 9.45. The van der Waals surface area contributed by atoms with E-state index in [1.54, 1.807) is 0 Å². The second-order valence-electron chi connectivity index (χ2n) is 7.28. The standard InChI is InChI=1S/C19H31N/c1-13(2)9-17-7-6-8-18(12-17)20-19-15(4)10-14(3)11-16(19)5/h10-11,13,17-18,20H,6-9,12H2,1-5H3. The molecule has 1 saturated carbocycles. The predicted octanol–water partition coefficient (Wildman–Crippen LogP) is 5.63. The van der Waals surface area contributed by atoms with Crippen molar-refractivity contribution in [2.24, 2.45) is 11.8 Å². The molecule has 1 heteroatoms. The maximum atomic E-state index is 3.85. The van der Waals surface area contributed by atoms with Crippen LogP contribution in [-0.2, 0) is 0 Å². The molecular formula is C19H31N. The minimum atomic E-state index is 0.674. The molecule has 20 heavy (non-hydrogen) atoms. The van der Waals surface area contributed by atoms with E-state index < -0.39 is 0 Å². The topological polar surface area (TPSA) is 12.0 Å². The van der Waals surface area contributed by atoms with E-state index in [9.17, 15) is 0 Å². The van der Waals surface area contributed by atoms with Crippen LogP contribution in [0, 0.1) is 32.6 Å². The summed E-state index contributed by atoms with van der Waals surface area (Å²) >= 11 is 0. The van der Waals surface area contributed by atoms with Crippen molar-refractivity contribution in [3.05, 3.63) is 28.8 Å². The highest BCUT2D eigenvalue weighted by molar-refractivity contribution is 5.58. The van der Waals surface area contributed by atoms with Crippen LogP contribution in [0.4, 0.5) is 5.69 Å². The lowest BCUT2D eigenvalue weighted by Crippen LogP contribution is -2.28. The van der Waals surface area contributed by atoms with E-state index in [2.05, 4.69) is 52.1 Å². The van der Waals surface area contributed by atoms with Crippen molar-refractivity contribution in [2.45, 2.75) is 72.8 Å². The molecule has 1 nitrogen and oxygen atoms in total. The van der Waals surface area contributed by atoms with Crippen molar-refractivity contribution in [3.63, 3.8) is 0 Å². The lowest BCUT2D eigenvalue weighted by molar-refractivity contribution is 0.289. The van der Waals surface area contributed by atoms with E-state index in [0.29, 0.717) is 6.04 Å². The molecule has 2 atom stereocenters. The summed E-state index contributed by atoms with van der Waals surface area (Å²) in [6.45, 7) is 11.4. The summed E-state index contributed by atoms with van der Waals surface area (Å²) in [5, 5.41) is 3.85. The Labute approximate surface area is 125 Å². The average molecular weight is 273 g/mol. The number of rotatable bonds is 4. The Morgan fingerprint density at radius 3 is 2.35 bits per heavy atom. The quantitative estimate of drug-likeness (QED) is 0.749. The van der Waals surface area contributed by atoms with Crippen LogP contribution in [0.25, 0.3) is 0 Å². The fourth-order valence-electron chi connectivity index (χ4n) is 3.91. The molecule has 2 unspecified atom stereocenters. The number of benzene rings is 1. The van der Waals surface area contributed by atoms with Gasteiger partial charge in [0.05, 0.1) is 0 Å². The summed E-state index contributed by atoms with van der Waals surface area (Å²) in [5.41, 5.74) is 5.54. The third-order valence-electron chi connectivity index (χ3n) is 4.61. The maximum absolute atomic E-state index is 3.85. The molecule has 1 aliphatic rings. The minimum absolute atomic E-state index is 0.674. The molecule has 1 N–H and O–H groups in total. The summed E-state index contributed by atoms with van der Waals surface area (Å²) in [4.78, 5) is 0. The monoisotopic (exact) mass is 273 g/mol. The van der Waals surface area contributed by atoms with Crippen molar-refractivity contribution in [3.8, 4) is 0 Å². The van der Waals surface area contributed by atoms with Crippen LogP contribution in [0.1, 0.15) is 62.6 Å². The van der Waals surface area contributed by atoms with Crippen LogP contribution in [0.15, 0.2) is 12.1 Å². The molecule has 0 amide bonds. The van der Waals surface area contributed by atoms with Gasteiger partial charge in [-0.05, 0) is 63.0 Å². The van der Waals surface area contributed by atoms with E-state index in [1.165, 1.54) is 54.5 Å². The molecule has 1 aromatic rings. The van der Waals surface area contributed by atoms with Crippen molar-refractivity contribution in [1.29, 1.82) is 0 Å². The molecule has 0 radical (unpaired) electrons. The summed E-state index contributed by atoms with van der Waals surface area (Å²) in [7, 11) is 0. The van der Waals surface area contributed by atoms with Crippen LogP contribution in [0.3, 0.4) is 0 Å². The molecule has 0 aromatic heterocycles. The highest BCUT2D eigenvalue weighted by atomic mass is 14.9. The predicted molar refractivity (Wildman–Crippen MR) is 89.5 cm³/mol. The lowest BCUT2D eigenvalue weighted by Gasteiger charge is -2.32. The number of nitrogens with one attached hydrogen (secondary N) is 1. The summed E-state index contributed by atoms with van der Waals surface area (Å²) in [6, 6.07) is 5.26. The first-order valence-electron chi connectivity index (χ1n) is 8.30. The number of hydrogen-bond acceptors (Lipinski definition) is 1. The van der Waals surface area contributed by atoms with Crippen molar-refractivity contribution >= 4 is 5.69 Å². The van der Waals surface area contributed by atoms with Gasteiger partial charge >= 0.3 is 0 Å². The molecule has 0 aliphatic heterocycles. The van der Waals surface area contributed by atoms with Crippen LogP contribution >= 0.6 is 0 Å². The average Bonchev–Trinajstić information content (AvgIpc) is 2.33. The van der Waals surface area contributed by atoms with Gasteiger partial charge in [0.15, 0.2) is 0 Å². The second-order valence-corrected chi connectivity index (χ2v) is 7.28. The Kier molecular flexibility index (Phi) is 5.12. The van der Waals surface area contributed by atoms with Gasteiger partial charge in [-0.15, -0.1) is 0 Å². The van der Waals surface area contributed by atoms with Gasteiger partial charge in [-0.25, -0.2) is 0 Å². The Hall–Kier alpha value is -0.980. The number of hydrogen-bond donors (Lipinski definition) is 1. The largest absolute Gasteiger partial charge is 0.382 e. The fourth-order valence-corrected chi connectivity index (χ4v) is 3.91. The van der Waals surface area contributed by atoms with Crippen LogP contribution < -0.4 is 5.32 Å². The molecule has 0 saturated heterocycles. The molecule has 1 aliphatic carbocycles. The van der Waals surface area contributed by atoms with E-state index in [4.69, 9.17) is 0 Å². The van der Waals surface area contributed by atoms with E-state index >= 15 is 0 Å². The van der Waals surface area contributed by atoms with Crippen molar-refractivity contribution < 1.29 is 0 Å². The zero-order chi connectivity index (χ0) is 14.7. The molecule has 1 fully saturated rings. The zero-order valence-corrected chi connectivity index (χ0v) is 13.9. The summed E-state index contributed by atoms with van der Waals surface area (Å²) < 4.78 is 0. The first-order valence-corrected chi connectivity index (χ1v) is 8.30. The Balaban J connectivity index is 2.03. The molecular weight excluding hydrogens is 242 g/mol. The Morgan fingerprint density at radius 2 is 1.75 bits per heavy atom. The SMILES string of the molecule is Cc1cc(C)c(NC2CCCC(CC(C)C)C2)c(C)c1. The van der Waals surface area contributed by atoms with E-state index in [1.807, 2.05) is 0 Å². The van der Waals surface area contributed by atoms with Gasteiger partial charge in [-0.3, -0.25) is 0 Å². The fraction of sp³-hybridized carbons (Fsp3) is 0.684. The van der Waals surface area contributed by atoms with Gasteiger partial charge in [0, 0.05) is 11.7 Å². The molecule has 1 aromatic carbocycles. The second kappa shape index (κ2) is 6.65. The van der Waals surface area contributed by atoms with Crippen molar-refractivity contribution in [1.82, 2.24) is 0 Å². The van der Waals surface area contributed by atoms with Crippen molar-refractivity contribution in [2.75, 3.05) is 5.32 Å². The molecule has 0 heterocycles. The Morgan fingerprint density at radius 1 is 1.10 bits per heavy atom. The minimum Gasteiger partial charge on any atom is -0.382 e. The van der Waals surface area contributed by atoms with Crippen LogP contribution in [-0.4, -0.2) is 6.04 Å². The summed E-state index contributed by atoms with van der Waals surface area (Å²) in [5.74, 6) is 1.76.